The van der Waals surface area contributed by atoms with Crippen LogP contribution in [0, 0.1) is 6.92 Å². The third kappa shape index (κ3) is 3.97. The zero-order chi connectivity index (χ0) is 21.2. The quantitative estimate of drug-likeness (QED) is 0.617. The average molecular weight is 423 g/mol. The van der Waals surface area contributed by atoms with Crippen LogP contribution in [0.15, 0.2) is 24.7 Å². The monoisotopic (exact) mass is 423 g/mol. The van der Waals surface area contributed by atoms with Crippen LogP contribution in [0.3, 0.4) is 0 Å². The number of nitrogens with zero attached hydrogens (tertiary/aromatic N) is 7. The second-order valence-corrected chi connectivity index (χ2v) is 7.44. The predicted molar refractivity (Wildman–Crippen MR) is 116 cm³/mol. The lowest BCUT2D eigenvalue weighted by atomic mass is 10.1. The topological polar surface area (TPSA) is 125 Å². The zero-order valence-corrected chi connectivity index (χ0v) is 17.2. The molecule has 0 aliphatic carbocycles. The highest BCUT2D eigenvalue weighted by molar-refractivity contribution is 6.00. The van der Waals surface area contributed by atoms with Gasteiger partial charge in [-0.25, -0.2) is 19.9 Å². The number of hydrogen-bond acceptors (Lipinski definition) is 9. The Hall–Kier alpha value is -3.44. The summed E-state index contributed by atoms with van der Waals surface area (Å²) in [7, 11) is 0. The molecule has 5 heterocycles. The van der Waals surface area contributed by atoms with Gasteiger partial charge in [-0.15, -0.1) is 0 Å². The number of amides is 1. The molecule has 162 valence electrons. The molecular weight excluding hydrogens is 398 g/mol. The molecule has 31 heavy (non-hydrogen) atoms. The Morgan fingerprint density at radius 3 is 2.77 bits per heavy atom. The standard InChI is InChI=1S/C20H23N9O2.H2/c1-13-14(2-3-15(25-13)18-23-12-24-27-18)16-10-21-19-20(26-16)29(17(30)11-22-19)5-4-28-6-8-31-9-7-28;/h2-3,10,12H,4-9,11H2,1H3,(H,21,22)(H,23,24,27);1H. The first-order chi connectivity index (χ1) is 15.2. The lowest BCUT2D eigenvalue weighted by Crippen LogP contribution is -2.47. The molecule has 0 bridgehead atoms. The van der Waals surface area contributed by atoms with Gasteiger partial charge < -0.3 is 10.1 Å². The minimum absolute atomic E-state index is 0. The van der Waals surface area contributed by atoms with Gasteiger partial charge in [-0.05, 0) is 19.1 Å². The maximum Gasteiger partial charge on any atom is 0.247 e. The van der Waals surface area contributed by atoms with Gasteiger partial charge in [0.2, 0.25) is 5.91 Å². The first-order valence-electron chi connectivity index (χ1n) is 10.2. The first-order valence-corrected chi connectivity index (χ1v) is 10.2. The van der Waals surface area contributed by atoms with E-state index in [4.69, 9.17) is 9.72 Å². The molecule has 1 amide bonds. The number of rotatable bonds is 5. The van der Waals surface area contributed by atoms with Crippen LogP contribution in [-0.4, -0.2) is 86.9 Å². The number of pyridine rings is 1. The van der Waals surface area contributed by atoms with Crippen molar-refractivity contribution in [2.24, 2.45) is 0 Å². The van der Waals surface area contributed by atoms with E-state index in [-0.39, 0.29) is 13.9 Å². The Bertz CT molecular complexity index is 1090. The van der Waals surface area contributed by atoms with Crippen LogP contribution in [0.2, 0.25) is 0 Å². The Kier molecular flexibility index (Phi) is 5.26. The van der Waals surface area contributed by atoms with Gasteiger partial charge in [0.25, 0.3) is 0 Å². The number of aromatic nitrogens is 6. The van der Waals surface area contributed by atoms with Gasteiger partial charge in [-0.3, -0.25) is 19.7 Å². The highest BCUT2D eigenvalue weighted by Crippen LogP contribution is 2.30. The van der Waals surface area contributed by atoms with E-state index >= 15 is 0 Å². The number of aryl methyl sites for hydroxylation is 1. The molecule has 1 saturated heterocycles. The van der Waals surface area contributed by atoms with Crippen molar-refractivity contribution in [1.29, 1.82) is 0 Å². The molecule has 3 aromatic rings. The second kappa shape index (κ2) is 8.36. The van der Waals surface area contributed by atoms with Gasteiger partial charge >= 0.3 is 0 Å². The average Bonchev–Trinajstić information content (AvgIpc) is 3.34. The fraction of sp³-hybridized carbons (Fsp3) is 0.400. The molecule has 0 spiro atoms. The van der Waals surface area contributed by atoms with E-state index in [9.17, 15) is 4.79 Å². The van der Waals surface area contributed by atoms with Crippen molar-refractivity contribution in [2.45, 2.75) is 6.92 Å². The summed E-state index contributed by atoms with van der Waals surface area (Å²) in [6, 6.07) is 3.80. The van der Waals surface area contributed by atoms with E-state index in [1.807, 2.05) is 19.1 Å². The Morgan fingerprint density at radius 2 is 2.00 bits per heavy atom. The number of nitrogens with one attached hydrogen (secondary N) is 2. The summed E-state index contributed by atoms with van der Waals surface area (Å²) in [5.41, 5.74) is 3.01. The summed E-state index contributed by atoms with van der Waals surface area (Å²) >= 11 is 0. The largest absolute Gasteiger partial charge is 0.379 e. The summed E-state index contributed by atoms with van der Waals surface area (Å²) in [4.78, 5) is 34.8. The Labute approximate surface area is 180 Å². The van der Waals surface area contributed by atoms with Crippen molar-refractivity contribution in [3.63, 3.8) is 0 Å². The van der Waals surface area contributed by atoms with E-state index in [0.29, 0.717) is 35.4 Å². The smallest absolute Gasteiger partial charge is 0.247 e. The third-order valence-corrected chi connectivity index (χ3v) is 5.48. The van der Waals surface area contributed by atoms with Gasteiger partial charge in [-0.1, -0.05) is 0 Å². The number of anilines is 2. The van der Waals surface area contributed by atoms with Gasteiger partial charge in [0.15, 0.2) is 17.5 Å². The lowest BCUT2D eigenvalue weighted by Gasteiger charge is -2.32. The number of carbonyl (C=O) groups is 1. The van der Waals surface area contributed by atoms with Crippen LogP contribution in [0.1, 0.15) is 7.12 Å². The Morgan fingerprint density at radius 1 is 1.13 bits per heavy atom. The highest BCUT2D eigenvalue weighted by Gasteiger charge is 2.27. The molecule has 2 N–H and O–H groups in total. The van der Waals surface area contributed by atoms with Crippen molar-refractivity contribution in [1.82, 2.24) is 35.0 Å². The summed E-state index contributed by atoms with van der Waals surface area (Å²) in [6.45, 7) is 6.67. The van der Waals surface area contributed by atoms with Crippen LogP contribution < -0.4 is 10.2 Å². The van der Waals surface area contributed by atoms with Gasteiger partial charge in [0.1, 0.15) is 12.0 Å². The molecule has 5 rings (SSSR count). The van der Waals surface area contributed by atoms with E-state index in [2.05, 4.69) is 35.4 Å². The third-order valence-electron chi connectivity index (χ3n) is 5.48. The molecular formula is C20H25N9O2. The summed E-state index contributed by atoms with van der Waals surface area (Å²) in [5.74, 6) is 1.77. The first kappa shape index (κ1) is 19.5. The van der Waals surface area contributed by atoms with E-state index in [1.165, 1.54) is 6.33 Å². The molecule has 0 aromatic carbocycles. The molecule has 0 radical (unpaired) electrons. The number of H-pyrrole nitrogens is 1. The fourth-order valence-electron chi connectivity index (χ4n) is 3.78. The van der Waals surface area contributed by atoms with Gasteiger partial charge in [-0.2, -0.15) is 5.10 Å². The number of fused-ring (bicyclic) bond motifs is 1. The van der Waals surface area contributed by atoms with Crippen LogP contribution in [-0.2, 0) is 9.53 Å². The molecule has 11 heteroatoms. The molecule has 0 unspecified atom stereocenters. The molecule has 11 nitrogen and oxygen atoms in total. The van der Waals surface area contributed by atoms with E-state index in [1.54, 1.807) is 11.1 Å². The molecule has 2 aliphatic rings. The SMILES string of the molecule is Cc1nc(-c2ncn[nH]2)ccc1-c1cnc2c(n1)N(CCN1CCOCC1)C(=O)CN2.[HH]. The second-order valence-electron chi connectivity index (χ2n) is 7.44. The molecule has 0 saturated carbocycles. The predicted octanol–water partition coefficient (Wildman–Crippen LogP) is 0.969. The van der Waals surface area contributed by atoms with Gasteiger partial charge in [0.05, 0.1) is 31.6 Å². The number of ether oxygens (including phenoxy) is 1. The van der Waals surface area contributed by atoms with Crippen molar-refractivity contribution in [3.05, 3.63) is 30.4 Å². The molecule has 1 fully saturated rings. The molecule has 3 aromatic heterocycles. The number of morpholine rings is 1. The number of carbonyl (C=O) groups excluding carboxylic acids is 1. The summed E-state index contributed by atoms with van der Waals surface area (Å²) in [6.07, 6.45) is 3.16. The van der Waals surface area contributed by atoms with Crippen molar-refractivity contribution >= 4 is 17.5 Å². The minimum atomic E-state index is -0.0114. The van der Waals surface area contributed by atoms with Crippen LogP contribution in [0.4, 0.5) is 11.6 Å². The van der Waals surface area contributed by atoms with Crippen LogP contribution >= 0.6 is 0 Å². The number of hydrogen-bond donors (Lipinski definition) is 2. The minimum Gasteiger partial charge on any atom is -0.379 e. The normalized spacial score (nSPS) is 16.8. The van der Waals surface area contributed by atoms with Crippen molar-refractivity contribution in [2.75, 3.05) is 56.2 Å². The van der Waals surface area contributed by atoms with Crippen LogP contribution in [0.25, 0.3) is 22.8 Å². The maximum absolute atomic E-state index is 12.6. The number of aromatic amines is 1. The van der Waals surface area contributed by atoms with Crippen LogP contribution in [0.5, 0.6) is 0 Å². The molecule has 2 aliphatic heterocycles. The zero-order valence-electron chi connectivity index (χ0n) is 17.2. The van der Waals surface area contributed by atoms with E-state index in [0.717, 1.165) is 44.1 Å². The maximum atomic E-state index is 12.6. The van der Waals surface area contributed by atoms with Crippen molar-refractivity contribution in [3.8, 4) is 22.8 Å². The summed E-state index contributed by atoms with van der Waals surface area (Å²) in [5, 5.41) is 9.75. The highest BCUT2D eigenvalue weighted by atomic mass is 16.5. The van der Waals surface area contributed by atoms with E-state index < -0.39 is 0 Å². The summed E-state index contributed by atoms with van der Waals surface area (Å²) < 4.78 is 5.41. The van der Waals surface area contributed by atoms with Gasteiger partial charge in [0, 0.05) is 38.9 Å². The Balaban J connectivity index is 0.00000245. The lowest BCUT2D eigenvalue weighted by molar-refractivity contribution is -0.117. The molecule has 0 atom stereocenters. The van der Waals surface area contributed by atoms with Crippen molar-refractivity contribution < 1.29 is 11.0 Å². The fourth-order valence-corrected chi connectivity index (χ4v) is 3.78.